The number of anilines is 6. The Morgan fingerprint density at radius 1 is 0.865 bits per heavy atom. The van der Waals surface area contributed by atoms with E-state index in [0.717, 1.165) is 84.3 Å². The second-order valence-electron chi connectivity index (χ2n) is 10.5. The Kier molecular flexibility index (Phi) is 9.52. The summed E-state index contributed by atoms with van der Waals surface area (Å²) in [7, 11) is 12.6. The lowest BCUT2D eigenvalue weighted by Crippen LogP contribution is -2.46. The molecule has 1 aromatic heterocycles. The summed E-state index contributed by atoms with van der Waals surface area (Å²) in [6.07, 6.45) is 7.67. The zero-order chi connectivity index (χ0) is 27.0. The normalized spacial score (nSPS) is 11.4. The molecule has 0 aliphatic carbocycles. The van der Waals surface area contributed by atoms with Gasteiger partial charge < -0.3 is 36.4 Å². The maximum Gasteiger partial charge on any atom is 0.243 e. The summed E-state index contributed by atoms with van der Waals surface area (Å²) in [5.74, 6) is 0. The lowest BCUT2D eigenvalue weighted by molar-refractivity contribution is -0.891. The van der Waals surface area contributed by atoms with E-state index in [0.29, 0.717) is 0 Å². The van der Waals surface area contributed by atoms with Gasteiger partial charge in [0.25, 0.3) is 0 Å². The quantitative estimate of drug-likeness (QED) is 0.152. The number of aryl methyl sites for hydroxylation is 1. The van der Waals surface area contributed by atoms with Crippen LogP contribution in [0.3, 0.4) is 0 Å². The lowest BCUT2D eigenvalue weighted by Gasteiger charge is -2.32. The number of nitrogens with two attached hydrogens (primary N) is 2. The number of nitrogens with zero attached hydrogens (tertiary/aromatic N) is 5. The molecule has 0 atom stereocenters. The van der Waals surface area contributed by atoms with Crippen LogP contribution >= 0.6 is 0 Å². The summed E-state index contributed by atoms with van der Waals surface area (Å²) in [5, 5.41) is 6.23. The molecule has 2 aromatic carbocycles. The molecule has 0 unspecified atom stereocenters. The molecule has 0 spiro atoms. The highest BCUT2D eigenvalue weighted by atomic mass is 15.3. The molecular formula is C28H47N9+2. The van der Waals surface area contributed by atoms with Gasteiger partial charge in [-0.15, -0.1) is 0 Å². The van der Waals surface area contributed by atoms with Crippen LogP contribution in [0.2, 0.25) is 0 Å². The van der Waals surface area contributed by atoms with E-state index >= 15 is 0 Å². The van der Waals surface area contributed by atoms with Crippen LogP contribution in [0.4, 0.5) is 34.1 Å². The summed E-state index contributed by atoms with van der Waals surface area (Å²) in [4.78, 5) is 4.52. The number of benzene rings is 2. The van der Waals surface area contributed by atoms with Crippen LogP contribution in [0.1, 0.15) is 6.42 Å². The molecule has 202 valence electrons. The van der Waals surface area contributed by atoms with Crippen molar-refractivity contribution in [3.05, 3.63) is 55.1 Å². The van der Waals surface area contributed by atoms with Crippen molar-refractivity contribution >= 4 is 34.1 Å². The molecule has 0 amide bonds. The molecule has 0 aliphatic rings. The van der Waals surface area contributed by atoms with Crippen molar-refractivity contribution in [3.63, 3.8) is 0 Å². The molecule has 9 heteroatoms. The molecule has 1 heterocycles. The number of imidazole rings is 1. The molecule has 0 bridgehead atoms. The molecular weight excluding hydrogens is 462 g/mol. The number of likely N-dealkylation sites (N-methyl/N-ethyl adjacent to an activating group) is 3. The molecule has 6 N–H and O–H groups in total. The monoisotopic (exact) mass is 509 g/mol. The number of nitrogens with one attached hydrogen (secondary N) is 2. The van der Waals surface area contributed by atoms with Crippen molar-refractivity contribution in [1.29, 1.82) is 0 Å². The van der Waals surface area contributed by atoms with Gasteiger partial charge in [0.15, 0.2) is 0 Å². The molecule has 0 fully saturated rings. The Balaban J connectivity index is 1.41. The predicted octanol–water partition coefficient (Wildman–Crippen LogP) is 2.76. The first kappa shape index (κ1) is 28.0. The fraction of sp³-hybridized carbons (Fsp3) is 0.464. The van der Waals surface area contributed by atoms with E-state index in [-0.39, 0.29) is 0 Å². The summed E-state index contributed by atoms with van der Waals surface area (Å²) < 4.78 is 5.52. The Morgan fingerprint density at radius 2 is 1.43 bits per heavy atom. The maximum absolute atomic E-state index is 6.14. The Hall–Kier alpha value is -3.59. The summed E-state index contributed by atoms with van der Waals surface area (Å²) in [6, 6.07) is 12.4. The SMILES string of the molecule is CNc1ccc(N(C)CCn2cc[n+](CCC[N+](C)(C)CCN(C)c3ccc(NC)c(N)c3)c2)cc1N. The predicted molar refractivity (Wildman–Crippen MR) is 158 cm³/mol. The van der Waals surface area contributed by atoms with Crippen LogP contribution in [0, 0.1) is 0 Å². The van der Waals surface area contributed by atoms with Gasteiger partial charge in [-0.2, -0.15) is 0 Å². The van der Waals surface area contributed by atoms with Crippen LogP contribution in [-0.2, 0) is 13.1 Å². The minimum absolute atomic E-state index is 0.770. The van der Waals surface area contributed by atoms with Gasteiger partial charge in [-0.3, -0.25) is 0 Å². The van der Waals surface area contributed by atoms with Crippen LogP contribution in [-0.4, -0.2) is 77.5 Å². The van der Waals surface area contributed by atoms with E-state index in [1.165, 1.54) is 0 Å². The van der Waals surface area contributed by atoms with Crippen molar-refractivity contribution in [2.24, 2.45) is 0 Å². The van der Waals surface area contributed by atoms with Gasteiger partial charge in [0.1, 0.15) is 18.9 Å². The van der Waals surface area contributed by atoms with Gasteiger partial charge >= 0.3 is 0 Å². The average Bonchev–Trinajstić information content (AvgIpc) is 3.33. The van der Waals surface area contributed by atoms with Crippen LogP contribution in [0.15, 0.2) is 55.1 Å². The van der Waals surface area contributed by atoms with E-state index in [2.05, 4.69) is 88.6 Å². The molecule has 0 saturated carbocycles. The lowest BCUT2D eigenvalue weighted by atomic mass is 10.2. The zero-order valence-electron chi connectivity index (χ0n) is 23.5. The van der Waals surface area contributed by atoms with Gasteiger partial charge in [-0.05, 0) is 36.4 Å². The van der Waals surface area contributed by atoms with E-state index < -0.39 is 0 Å². The fourth-order valence-electron chi connectivity index (χ4n) is 4.47. The number of rotatable bonds is 14. The third-order valence-corrected chi connectivity index (χ3v) is 7.15. The second-order valence-corrected chi connectivity index (χ2v) is 10.5. The van der Waals surface area contributed by atoms with Crippen molar-refractivity contribution < 1.29 is 9.05 Å². The van der Waals surface area contributed by atoms with Crippen LogP contribution < -0.4 is 36.5 Å². The van der Waals surface area contributed by atoms with E-state index in [1.54, 1.807) is 0 Å². The van der Waals surface area contributed by atoms with Crippen molar-refractivity contribution in [2.75, 3.05) is 100 Å². The van der Waals surface area contributed by atoms with Crippen LogP contribution in [0.5, 0.6) is 0 Å². The zero-order valence-corrected chi connectivity index (χ0v) is 23.5. The van der Waals surface area contributed by atoms with E-state index in [9.17, 15) is 0 Å². The van der Waals surface area contributed by atoms with Gasteiger partial charge in [-0.25, -0.2) is 9.13 Å². The topological polar surface area (TPSA) is 91.4 Å². The molecule has 0 radical (unpaired) electrons. The molecule has 3 rings (SSSR count). The summed E-state index contributed by atoms with van der Waals surface area (Å²) >= 11 is 0. The number of nitrogen functional groups attached to an aromatic ring is 2. The third kappa shape index (κ3) is 7.95. The first-order chi connectivity index (χ1) is 17.6. The standard InChI is InChI=1S/C28H47N9/c1-31-27-10-8-23(20-25(27)29)33(3)13-14-36-16-15-35(22-36)12-7-18-37(5,6)19-17-34(4)24-9-11-28(32-2)26(30)21-24/h8-11,15-16,20-22,31-32H,7,12-14,17-19,29-30H2,1-6H3/q+2. The first-order valence-electron chi connectivity index (χ1n) is 13.1. The Morgan fingerprint density at radius 3 is 1.97 bits per heavy atom. The fourth-order valence-corrected chi connectivity index (χ4v) is 4.47. The highest BCUT2D eigenvalue weighted by Crippen LogP contribution is 2.25. The third-order valence-electron chi connectivity index (χ3n) is 7.15. The van der Waals surface area contributed by atoms with Crippen LogP contribution in [0.25, 0.3) is 0 Å². The number of hydrogen-bond donors (Lipinski definition) is 4. The summed E-state index contributed by atoms with van der Waals surface area (Å²) in [5.41, 5.74) is 18.0. The van der Waals surface area contributed by atoms with Gasteiger partial charge in [0, 0.05) is 46.0 Å². The van der Waals surface area contributed by atoms with Crippen molar-refractivity contribution in [3.8, 4) is 0 Å². The maximum atomic E-state index is 6.14. The van der Waals surface area contributed by atoms with E-state index in [4.69, 9.17) is 11.5 Å². The number of hydrogen-bond acceptors (Lipinski definition) is 6. The Labute approximate surface area is 222 Å². The van der Waals surface area contributed by atoms with E-state index in [1.807, 2.05) is 38.4 Å². The second kappa shape index (κ2) is 12.6. The number of aromatic nitrogens is 2. The highest BCUT2D eigenvalue weighted by Gasteiger charge is 2.17. The minimum atomic E-state index is 0.770. The smallest absolute Gasteiger partial charge is 0.243 e. The highest BCUT2D eigenvalue weighted by molar-refractivity contribution is 5.72. The van der Waals surface area contributed by atoms with Gasteiger partial charge in [0.05, 0.1) is 69.6 Å². The average molecular weight is 510 g/mol. The van der Waals surface area contributed by atoms with Crippen molar-refractivity contribution in [1.82, 2.24) is 4.57 Å². The molecule has 3 aromatic rings. The van der Waals surface area contributed by atoms with Crippen molar-refractivity contribution in [2.45, 2.75) is 19.5 Å². The van der Waals surface area contributed by atoms with Gasteiger partial charge in [0.2, 0.25) is 6.33 Å². The minimum Gasteiger partial charge on any atom is -0.397 e. The molecule has 37 heavy (non-hydrogen) atoms. The number of quaternary nitrogens is 1. The molecule has 9 nitrogen and oxygen atoms in total. The largest absolute Gasteiger partial charge is 0.397 e. The molecule has 0 saturated heterocycles. The van der Waals surface area contributed by atoms with Gasteiger partial charge in [-0.1, -0.05) is 0 Å². The Bertz CT molecular complexity index is 1140. The summed E-state index contributed by atoms with van der Waals surface area (Å²) in [6.45, 7) is 6.02. The molecule has 0 aliphatic heterocycles. The first-order valence-corrected chi connectivity index (χ1v) is 13.1.